The van der Waals surface area contributed by atoms with Gasteiger partial charge in [0.1, 0.15) is 17.6 Å². The Balaban J connectivity index is 2.08. The van der Waals surface area contributed by atoms with E-state index in [4.69, 9.17) is 10.00 Å². The number of halogens is 3. The average Bonchev–Trinajstić information content (AvgIpc) is 2.87. The summed E-state index contributed by atoms with van der Waals surface area (Å²) in [6, 6.07) is 7.21. The Hall–Kier alpha value is -2.77. The van der Waals surface area contributed by atoms with E-state index in [1.807, 2.05) is 10.8 Å². The van der Waals surface area contributed by atoms with Crippen LogP contribution in [-0.2, 0) is 16.4 Å². The summed E-state index contributed by atoms with van der Waals surface area (Å²) in [6.07, 6.45) is -3.17. The van der Waals surface area contributed by atoms with Crippen LogP contribution in [0.15, 0.2) is 30.3 Å². The van der Waals surface area contributed by atoms with Gasteiger partial charge in [0.15, 0.2) is 0 Å². The second kappa shape index (κ2) is 7.00. The summed E-state index contributed by atoms with van der Waals surface area (Å²) in [6.45, 7) is 1.73. The van der Waals surface area contributed by atoms with Gasteiger partial charge in [0.2, 0.25) is 6.01 Å². The van der Waals surface area contributed by atoms with Crippen molar-refractivity contribution in [2.75, 3.05) is 10.7 Å². The molecule has 2 aromatic rings. The Labute approximate surface area is 159 Å². The monoisotopic (exact) mass is 412 g/mol. The topological polar surface area (TPSA) is 99.4 Å². The maximum Gasteiger partial charge on any atom is 0.281 e. The van der Waals surface area contributed by atoms with Crippen LogP contribution in [0.5, 0.6) is 11.5 Å². The molecule has 0 fully saturated rings. The number of ether oxygens (including phenoxy) is 1. The SMILES string of the molecule is Cc1cc(C#N)cc(Oc2ccc(NS(=O)(=O)CF)c3c2CC(F)(F)[C@H]3O)c1. The first kappa shape index (κ1) is 20.0. The number of anilines is 1. The number of hydrogen-bond acceptors (Lipinski definition) is 5. The number of aliphatic hydroxyl groups excluding tert-OH is 1. The molecule has 10 heteroatoms. The van der Waals surface area contributed by atoms with Crippen molar-refractivity contribution in [3.63, 3.8) is 0 Å². The fourth-order valence-corrected chi connectivity index (χ4v) is 3.63. The summed E-state index contributed by atoms with van der Waals surface area (Å²) in [5.74, 6) is -3.35. The van der Waals surface area contributed by atoms with Gasteiger partial charge in [-0.1, -0.05) is 0 Å². The molecule has 2 aromatic carbocycles. The largest absolute Gasteiger partial charge is 0.457 e. The highest BCUT2D eigenvalue weighted by Crippen LogP contribution is 2.50. The number of aliphatic hydroxyl groups is 1. The molecule has 0 aliphatic heterocycles. The summed E-state index contributed by atoms with van der Waals surface area (Å²) in [4.78, 5) is 0. The summed E-state index contributed by atoms with van der Waals surface area (Å²) < 4.78 is 71.4. The first-order valence-electron chi connectivity index (χ1n) is 8.04. The van der Waals surface area contributed by atoms with Crippen molar-refractivity contribution in [1.29, 1.82) is 5.26 Å². The van der Waals surface area contributed by atoms with E-state index in [2.05, 4.69) is 0 Å². The second-order valence-electron chi connectivity index (χ2n) is 6.42. The van der Waals surface area contributed by atoms with Crippen LogP contribution in [0.4, 0.5) is 18.9 Å². The molecule has 1 aliphatic carbocycles. The standard InChI is InChI=1S/C18H15F3N2O4S/c1-10-4-11(8-22)6-12(5-10)27-15-3-2-14(23-28(25,26)9-19)16-13(15)7-18(20,21)17(16)24/h2-6,17,23-24H,7,9H2,1H3/t17-/m0/s1. The lowest BCUT2D eigenvalue weighted by atomic mass is 10.1. The lowest BCUT2D eigenvalue weighted by molar-refractivity contribution is -0.0966. The normalized spacial score (nSPS) is 17.6. The Morgan fingerprint density at radius 2 is 2.07 bits per heavy atom. The number of benzene rings is 2. The predicted molar refractivity (Wildman–Crippen MR) is 94.5 cm³/mol. The molecule has 0 aromatic heterocycles. The number of nitrogens with zero attached hydrogens (tertiary/aromatic N) is 1. The van der Waals surface area contributed by atoms with Gasteiger partial charge in [0.25, 0.3) is 15.9 Å². The van der Waals surface area contributed by atoms with Crippen molar-refractivity contribution < 1.29 is 31.4 Å². The highest BCUT2D eigenvalue weighted by Gasteiger charge is 2.49. The van der Waals surface area contributed by atoms with E-state index in [9.17, 15) is 26.7 Å². The Morgan fingerprint density at radius 3 is 2.71 bits per heavy atom. The third-order valence-corrected chi connectivity index (χ3v) is 5.04. The predicted octanol–water partition coefficient (Wildman–Crippen LogP) is 3.55. The second-order valence-corrected chi connectivity index (χ2v) is 8.07. The molecule has 1 aliphatic rings. The van der Waals surface area contributed by atoms with Crippen molar-refractivity contribution in [3.8, 4) is 17.6 Å². The number of alkyl halides is 3. The molecule has 0 unspecified atom stereocenters. The molecule has 0 saturated heterocycles. The van der Waals surface area contributed by atoms with Gasteiger partial charge in [-0.2, -0.15) is 5.26 Å². The zero-order valence-corrected chi connectivity index (χ0v) is 15.4. The Morgan fingerprint density at radius 1 is 1.36 bits per heavy atom. The van der Waals surface area contributed by atoms with E-state index in [1.54, 1.807) is 19.1 Å². The molecule has 0 spiro atoms. The van der Waals surface area contributed by atoms with Crippen LogP contribution in [0, 0.1) is 18.3 Å². The van der Waals surface area contributed by atoms with Gasteiger partial charge >= 0.3 is 0 Å². The summed E-state index contributed by atoms with van der Waals surface area (Å²) in [5.41, 5.74) is 0.212. The summed E-state index contributed by atoms with van der Waals surface area (Å²) in [5, 5.41) is 19.0. The van der Waals surface area contributed by atoms with Crippen LogP contribution in [0.25, 0.3) is 0 Å². The summed E-state index contributed by atoms with van der Waals surface area (Å²) >= 11 is 0. The quantitative estimate of drug-likeness (QED) is 0.782. The summed E-state index contributed by atoms with van der Waals surface area (Å²) in [7, 11) is -4.39. The van der Waals surface area contributed by atoms with Crippen LogP contribution in [0.1, 0.15) is 28.4 Å². The van der Waals surface area contributed by atoms with Gasteiger partial charge < -0.3 is 9.84 Å². The van der Waals surface area contributed by atoms with Gasteiger partial charge in [0, 0.05) is 17.5 Å². The molecule has 0 radical (unpaired) electrons. The van der Waals surface area contributed by atoms with Crippen molar-refractivity contribution >= 4 is 15.7 Å². The van der Waals surface area contributed by atoms with Crippen molar-refractivity contribution in [2.24, 2.45) is 0 Å². The van der Waals surface area contributed by atoms with Crippen LogP contribution < -0.4 is 9.46 Å². The van der Waals surface area contributed by atoms with E-state index in [1.165, 1.54) is 12.1 Å². The van der Waals surface area contributed by atoms with E-state index < -0.39 is 34.5 Å². The first-order valence-corrected chi connectivity index (χ1v) is 9.69. The van der Waals surface area contributed by atoms with E-state index in [-0.39, 0.29) is 28.3 Å². The number of rotatable bonds is 5. The minimum absolute atomic E-state index is 0.0242. The van der Waals surface area contributed by atoms with Crippen LogP contribution >= 0.6 is 0 Å². The number of fused-ring (bicyclic) bond motifs is 1. The highest BCUT2D eigenvalue weighted by molar-refractivity contribution is 7.92. The number of aryl methyl sites for hydroxylation is 1. The van der Waals surface area contributed by atoms with E-state index >= 15 is 0 Å². The lowest BCUT2D eigenvalue weighted by Crippen LogP contribution is -2.22. The molecular weight excluding hydrogens is 397 g/mol. The third kappa shape index (κ3) is 3.76. The average molecular weight is 412 g/mol. The van der Waals surface area contributed by atoms with Gasteiger partial charge in [-0.3, -0.25) is 4.72 Å². The van der Waals surface area contributed by atoms with Crippen LogP contribution in [0.3, 0.4) is 0 Å². The van der Waals surface area contributed by atoms with Crippen molar-refractivity contribution in [2.45, 2.75) is 25.4 Å². The maximum atomic E-state index is 14.1. The Bertz CT molecular complexity index is 1080. The molecule has 2 N–H and O–H groups in total. The van der Waals surface area contributed by atoms with Gasteiger partial charge in [-0.25, -0.2) is 21.6 Å². The Kier molecular flexibility index (Phi) is 4.99. The lowest BCUT2D eigenvalue weighted by Gasteiger charge is -2.17. The molecule has 0 amide bonds. The number of hydrogen-bond donors (Lipinski definition) is 2. The van der Waals surface area contributed by atoms with Crippen LogP contribution in [-0.4, -0.2) is 25.5 Å². The molecule has 148 valence electrons. The fourth-order valence-electron chi connectivity index (χ4n) is 3.06. The smallest absolute Gasteiger partial charge is 0.281 e. The molecule has 28 heavy (non-hydrogen) atoms. The molecule has 6 nitrogen and oxygen atoms in total. The van der Waals surface area contributed by atoms with Gasteiger partial charge in [-0.05, 0) is 42.8 Å². The van der Waals surface area contributed by atoms with Crippen molar-refractivity contribution in [1.82, 2.24) is 0 Å². The van der Waals surface area contributed by atoms with Gasteiger partial charge in [-0.15, -0.1) is 0 Å². The molecular formula is C18H15F3N2O4S. The third-order valence-electron chi connectivity index (χ3n) is 4.22. The van der Waals surface area contributed by atoms with E-state index in [0.717, 1.165) is 6.07 Å². The zero-order valence-electron chi connectivity index (χ0n) is 14.5. The minimum atomic E-state index is -4.39. The van der Waals surface area contributed by atoms with Crippen LogP contribution in [0.2, 0.25) is 0 Å². The maximum absolute atomic E-state index is 14.1. The van der Waals surface area contributed by atoms with Gasteiger partial charge in [0.05, 0.1) is 17.3 Å². The molecule has 3 rings (SSSR count). The zero-order chi connectivity index (χ0) is 20.7. The van der Waals surface area contributed by atoms with E-state index in [0.29, 0.717) is 11.1 Å². The van der Waals surface area contributed by atoms with Crippen molar-refractivity contribution in [3.05, 3.63) is 52.6 Å². The number of nitrogens with one attached hydrogen (secondary N) is 1. The molecule has 0 bridgehead atoms. The molecule has 0 heterocycles. The molecule has 1 atom stereocenters. The number of nitriles is 1. The highest BCUT2D eigenvalue weighted by atomic mass is 32.2. The first-order chi connectivity index (χ1) is 13.1. The number of sulfonamides is 1. The minimum Gasteiger partial charge on any atom is -0.457 e. The molecule has 0 saturated carbocycles. The fraction of sp³-hybridized carbons (Fsp3) is 0.278.